The van der Waals surface area contributed by atoms with E-state index in [1.54, 1.807) is 18.2 Å². The maximum atomic E-state index is 10.6. The number of aryl methyl sites for hydroxylation is 1. The number of non-ortho nitro benzene ring substituents is 1. The third kappa shape index (κ3) is 2.93. The number of benzene rings is 2. The summed E-state index contributed by atoms with van der Waals surface area (Å²) in [5.74, 6) is 0. The van der Waals surface area contributed by atoms with Crippen LogP contribution in [0.3, 0.4) is 0 Å². The smallest absolute Gasteiger partial charge is 0.269 e. The molecular formula is C15H13N3O2. The first kappa shape index (κ1) is 13.6. The highest BCUT2D eigenvalue weighted by Crippen LogP contribution is 2.21. The van der Waals surface area contributed by atoms with Crippen molar-refractivity contribution in [1.29, 1.82) is 5.26 Å². The monoisotopic (exact) mass is 267 g/mol. The summed E-state index contributed by atoms with van der Waals surface area (Å²) in [6.45, 7) is 2.44. The van der Waals surface area contributed by atoms with Crippen LogP contribution < -0.4 is 5.32 Å². The van der Waals surface area contributed by atoms with Gasteiger partial charge in [0.1, 0.15) is 6.07 Å². The molecule has 0 saturated heterocycles. The molecule has 5 nitrogen and oxygen atoms in total. The second-order valence-electron chi connectivity index (χ2n) is 4.39. The second-order valence-corrected chi connectivity index (χ2v) is 4.39. The van der Waals surface area contributed by atoms with E-state index < -0.39 is 4.92 Å². The van der Waals surface area contributed by atoms with Gasteiger partial charge in [-0.05, 0) is 24.1 Å². The van der Waals surface area contributed by atoms with Crippen molar-refractivity contribution >= 4 is 11.4 Å². The van der Waals surface area contributed by atoms with Crippen LogP contribution in [-0.2, 0) is 6.54 Å². The number of nitriles is 1. The van der Waals surface area contributed by atoms with Crippen LogP contribution in [0.1, 0.15) is 16.7 Å². The Bertz CT molecular complexity index is 673. The summed E-state index contributed by atoms with van der Waals surface area (Å²) in [6, 6.07) is 14.0. The van der Waals surface area contributed by atoms with Gasteiger partial charge in [0, 0.05) is 18.7 Å². The summed E-state index contributed by atoms with van der Waals surface area (Å²) in [7, 11) is 0. The molecule has 0 aliphatic rings. The molecule has 100 valence electrons. The predicted octanol–water partition coefficient (Wildman–Crippen LogP) is 3.39. The van der Waals surface area contributed by atoms with Crippen LogP contribution in [0.5, 0.6) is 0 Å². The average molecular weight is 267 g/mol. The highest BCUT2D eigenvalue weighted by molar-refractivity contribution is 5.62. The lowest BCUT2D eigenvalue weighted by Gasteiger charge is -2.11. The zero-order chi connectivity index (χ0) is 14.5. The number of anilines is 1. The highest BCUT2D eigenvalue weighted by Gasteiger charge is 2.06. The first-order valence-electron chi connectivity index (χ1n) is 6.08. The summed E-state index contributed by atoms with van der Waals surface area (Å²) >= 11 is 0. The third-order valence-corrected chi connectivity index (χ3v) is 3.01. The molecule has 2 rings (SSSR count). The fourth-order valence-corrected chi connectivity index (χ4v) is 1.92. The Morgan fingerprint density at radius 2 is 1.95 bits per heavy atom. The minimum Gasteiger partial charge on any atom is -0.380 e. The van der Waals surface area contributed by atoms with Crippen LogP contribution >= 0.6 is 0 Å². The van der Waals surface area contributed by atoms with E-state index in [1.807, 2.05) is 19.1 Å². The van der Waals surface area contributed by atoms with Gasteiger partial charge in [-0.3, -0.25) is 10.1 Å². The van der Waals surface area contributed by atoms with E-state index in [2.05, 4.69) is 11.4 Å². The van der Waals surface area contributed by atoms with Gasteiger partial charge in [-0.25, -0.2) is 0 Å². The van der Waals surface area contributed by atoms with E-state index in [0.717, 1.165) is 16.8 Å². The number of nitro benzene ring substituents is 1. The number of hydrogen-bond acceptors (Lipinski definition) is 4. The van der Waals surface area contributed by atoms with E-state index in [1.165, 1.54) is 12.1 Å². The van der Waals surface area contributed by atoms with Gasteiger partial charge in [0.25, 0.3) is 5.69 Å². The van der Waals surface area contributed by atoms with Crippen molar-refractivity contribution < 1.29 is 4.92 Å². The van der Waals surface area contributed by atoms with Crippen molar-refractivity contribution in [1.82, 2.24) is 0 Å². The molecule has 0 aliphatic carbocycles. The van der Waals surface area contributed by atoms with Crippen molar-refractivity contribution in [3.8, 4) is 6.07 Å². The molecule has 0 unspecified atom stereocenters. The molecule has 1 N–H and O–H groups in total. The Kier molecular flexibility index (Phi) is 3.96. The highest BCUT2D eigenvalue weighted by atomic mass is 16.6. The molecule has 0 aromatic heterocycles. The summed E-state index contributed by atoms with van der Waals surface area (Å²) in [5, 5.41) is 22.9. The van der Waals surface area contributed by atoms with Crippen LogP contribution in [0.4, 0.5) is 11.4 Å². The topological polar surface area (TPSA) is 79.0 Å². The fraction of sp³-hybridized carbons (Fsp3) is 0.133. The lowest BCUT2D eigenvalue weighted by atomic mass is 10.1. The van der Waals surface area contributed by atoms with Gasteiger partial charge in [0.05, 0.1) is 16.2 Å². The molecule has 5 heteroatoms. The molecule has 0 fully saturated rings. The summed E-state index contributed by atoms with van der Waals surface area (Å²) in [6.07, 6.45) is 0. The molecule has 0 amide bonds. The second kappa shape index (κ2) is 5.85. The molecule has 0 bridgehead atoms. The van der Waals surface area contributed by atoms with Gasteiger partial charge in [-0.1, -0.05) is 24.3 Å². The molecule has 0 radical (unpaired) electrons. The van der Waals surface area contributed by atoms with E-state index in [0.29, 0.717) is 12.1 Å². The van der Waals surface area contributed by atoms with Crippen LogP contribution in [-0.4, -0.2) is 4.92 Å². The Morgan fingerprint density at radius 1 is 1.25 bits per heavy atom. The Labute approximate surface area is 116 Å². The standard InChI is InChI=1S/C15H13N3O2/c1-11-3-2-4-13(9-16)15(11)17-10-12-5-7-14(8-6-12)18(19)20/h2-8,17H,10H2,1H3. The number of hydrogen-bond donors (Lipinski definition) is 1. The lowest BCUT2D eigenvalue weighted by Crippen LogP contribution is -2.03. The number of para-hydroxylation sites is 1. The molecule has 0 heterocycles. The Morgan fingerprint density at radius 3 is 2.55 bits per heavy atom. The van der Waals surface area contributed by atoms with Gasteiger partial charge >= 0.3 is 0 Å². The van der Waals surface area contributed by atoms with Gasteiger partial charge in [0.15, 0.2) is 0 Å². The zero-order valence-electron chi connectivity index (χ0n) is 11.0. The number of nitrogens with one attached hydrogen (secondary N) is 1. The summed E-state index contributed by atoms with van der Waals surface area (Å²) in [5.41, 5.74) is 3.37. The number of rotatable bonds is 4. The minimum absolute atomic E-state index is 0.0716. The molecule has 2 aromatic rings. The fourth-order valence-electron chi connectivity index (χ4n) is 1.92. The normalized spacial score (nSPS) is 9.80. The maximum Gasteiger partial charge on any atom is 0.269 e. The van der Waals surface area contributed by atoms with Crippen LogP contribution in [0.25, 0.3) is 0 Å². The molecule has 0 atom stereocenters. The predicted molar refractivity (Wildman–Crippen MR) is 76.3 cm³/mol. The van der Waals surface area contributed by atoms with Crippen LogP contribution in [0, 0.1) is 28.4 Å². The SMILES string of the molecule is Cc1cccc(C#N)c1NCc1ccc([N+](=O)[O-])cc1. The average Bonchev–Trinajstić information content (AvgIpc) is 2.46. The van der Waals surface area contributed by atoms with E-state index in [-0.39, 0.29) is 5.69 Å². The molecule has 0 saturated carbocycles. The van der Waals surface area contributed by atoms with E-state index >= 15 is 0 Å². The number of nitrogens with zero attached hydrogens (tertiary/aromatic N) is 2. The van der Waals surface area contributed by atoms with Crippen molar-refractivity contribution in [2.45, 2.75) is 13.5 Å². The summed E-state index contributed by atoms with van der Waals surface area (Å²) in [4.78, 5) is 10.1. The first-order valence-corrected chi connectivity index (χ1v) is 6.08. The Hall–Kier alpha value is -2.87. The van der Waals surface area contributed by atoms with Crippen LogP contribution in [0.2, 0.25) is 0 Å². The van der Waals surface area contributed by atoms with Gasteiger partial charge in [-0.15, -0.1) is 0 Å². The molecule has 20 heavy (non-hydrogen) atoms. The van der Waals surface area contributed by atoms with E-state index in [4.69, 9.17) is 5.26 Å². The van der Waals surface area contributed by atoms with Crippen LogP contribution in [0.15, 0.2) is 42.5 Å². The van der Waals surface area contributed by atoms with Crippen molar-refractivity contribution in [3.05, 3.63) is 69.3 Å². The molecular weight excluding hydrogens is 254 g/mol. The van der Waals surface area contributed by atoms with Crippen molar-refractivity contribution in [2.24, 2.45) is 0 Å². The third-order valence-electron chi connectivity index (χ3n) is 3.01. The van der Waals surface area contributed by atoms with Gasteiger partial charge in [-0.2, -0.15) is 5.26 Å². The van der Waals surface area contributed by atoms with Crippen molar-refractivity contribution in [3.63, 3.8) is 0 Å². The lowest BCUT2D eigenvalue weighted by molar-refractivity contribution is -0.384. The molecule has 2 aromatic carbocycles. The quantitative estimate of drug-likeness (QED) is 0.680. The van der Waals surface area contributed by atoms with Crippen molar-refractivity contribution in [2.75, 3.05) is 5.32 Å². The molecule has 0 aliphatic heterocycles. The Balaban J connectivity index is 2.13. The number of nitro groups is 1. The first-order chi connectivity index (χ1) is 9.61. The maximum absolute atomic E-state index is 10.6. The van der Waals surface area contributed by atoms with Gasteiger partial charge < -0.3 is 5.32 Å². The largest absolute Gasteiger partial charge is 0.380 e. The molecule has 0 spiro atoms. The van der Waals surface area contributed by atoms with Gasteiger partial charge in [0.2, 0.25) is 0 Å². The van der Waals surface area contributed by atoms with E-state index in [9.17, 15) is 10.1 Å². The minimum atomic E-state index is -0.424. The summed E-state index contributed by atoms with van der Waals surface area (Å²) < 4.78 is 0. The zero-order valence-corrected chi connectivity index (χ0v) is 11.0.